The molecule has 0 bridgehead atoms. The minimum Gasteiger partial charge on any atom is -0.405 e. The highest BCUT2D eigenvalue weighted by molar-refractivity contribution is 5.78. The summed E-state index contributed by atoms with van der Waals surface area (Å²) in [7, 11) is 0. The van der Waals surface area contributed by atoms with E-state index in [9.17, 15) is 18.0 Å². The summed E-state index contributed by atoms with van der Waals surface area (Å²) in [5.74, 6) is 0.900. The topological polar surface area (TPSA) is 67.0 Å². The summed E-state index contributed by atoms with van der Waals surface area (Å²) in [6, 6.07) is 13.8. The first-order chi connectivity index (χ1) is 14.9. The van der Waals surface area contributed by atoms with Gasteiger partial charge in [-0.1, -0.05) is 30.3 Å². The van der Waals surface area contributed by atoms with Crippen molar-refractivity contribution in [3.63, 3.8) is 0 Å². The van der Waals surface area contributed by atoms with Gasteiger partial charge < -0.3 is 15.0 Å². The number of carbonyl (C=O) groups is 1. The van der Waals surface area contributed by atoms with Crippen LogP contribution < -0.4 is 10.1 Å². The molecule has 5 nitrogen and oxygen atoms in total. The van der Waals surface area contributed by atoms with Gasteiger partial charge in [-0.25, -0.2) is 4.98 Å². The van der Waals surface area contributed by atoms with E-state index in [0.717, 1.165) is 49.0 Å². The van der Waals surface area contributed by atoms with Gasteiger partial charge in [0.1, 0.15) is 11.6 Å². The van der Waals surface area contributed by atoms with E-state index in [4.69, 9.17) is 0 Å². The molecular formula is C23H24F3N3O2. The molecule has 1 amide bonds. The van der Waals surface area contributed by atoms with Crippen molar-refractivity contribution in [3.05, 3.63) is 59.9 Å². The molecule has 0 unspecified atom stereocenters. The summed E-state index contributed by atoms with van der Waals surface area (Å²) < 4.78 is 41.7. The summed E-state index contributed by atoms with van der Waals surface area (Å²) in [5, 5.41) is 2.77. The fraction of sp³-hybridized carbons (Fsp3) is 0.391. The smallest absolute Gasteiger partial charge is 0.405 e. The molecule has 0 saturated heterocycles. The molecule has 0 spiro atoms. The van der Waals surface area contributed by atoms with Gasteiger partial charge in [0, 0.05) is 24.4 Å². The molecule has 2 aromatic carbocycles. The number of amides is 1. The van der Waals surface area contributed by atoms with E-state index in [-0.39, 0.29) is 24.1 Å². The van der Waals surface area contributed by atoms with Crippen LogP contribution in [0.3, 0.4) is 0 Å². The van der Waals surface area contributed by atoms with Crippen molar-refractivity contribution in [2.75, 3.05) is 0 Å². The molecule has 1 heterocycles. The molecule has 0 aliphatic heterocycles. The molecule has 1 aliphatic carbocycles. The van der Waals surface area contributed by atoms with Crippen molar-refractivity contribution in [1.82, 2.24) is 15.3 Å². The number of para-hydroxylation sites is 3. The summed E-state index contributed by atoms with van der Waals surface area (Å²) in [6.45, 7) is 0.00397. The van der Waals surface area contributed by atoms with E-state index >= 15 is 0 Å². The average Bonchev–Trinajstić information content (AvgIpc) is 3.14. The van der Waals surface area contributed by atoms with Crippen LogP contribution in [-0.4, -0.2) is 22.2 Å². The van der Waals surface area contributed by atoms with Gasteiger partial charge >= 0.3 is 6.36 Å². The molecule has 2 N–H and O–H groups in total. The number of alkyl halides is 3. The maximum absolute atomic E-state index is 12.6. The molecule has 164 valence electrons. The van der Waals surface area contributed by atoms with Gasteiger partial charge in [-0.2, -0.15) is 0 Å². The fourth-order valence-electron chi connectivity index (χ4n) is 4.21. The van der Waals surface area contributed by atoms with Crippen LogP contribution >= 0.6 is 0 Å². The van der Waals surface area contributed by atoms with Crippen LogP contribution in [0.15, 0.2) is 48.5 Å². The lowest BCUT2D eigenvalue weighted by Gasteiger charge is -2.27. The molecule has 1 saturated carbocycles. The number of nitrogens with one attached hydrogen (secondary N) is 2. The molecule has 3 aromatic rings. The average molecular weight is 431 g/mol. The number of ether oxygens (including phenoxy) is 1. The Labute approximate surface area is 178 Å². The Morgan fingerprint density at radius 2 is 1.77 bits per heavy atom. The lowest BCUT2D eigenvalue weighted by molar-refractivity contribution is -0.274. The quantitative estimate of drug-likeness (QED) is 0.569. The molecule has 8 heteroatoms. The van der Waals surface area contributed by atoms with Crippen LogP contribution in [0.2, 0.25) is 0 Å². The predicted molar refractivity (Wildman–Crippen MR) is 110 cm³/mol. The van der Waals surface area contributed by atoms with E-state index in [2.05, 4.69) is 20.0 Å². The van der Waals surface area contributed by atoms with Crippen molar-refractivity contribution < 1.29 is 22.7 Å². The highest BCUT2D eigenvalue weighted by atomic mass is 19.4. The molecule has 0 atom stereocenters. The van der Waals surface area contributed by atoms with Crippen molar-refractivity contribution in [2.24, 2.45) is 11.8 Å². The third kappa shape index (κ3) is 5.57. The zero-order chi connectivity index (χ0) is 21.8. The Kier molecular flexibility index (Phi) is 6.15. The number of carbonyl (C=O) groups excluding carboxylic acids is 1. The number of rotatable bonds is 6. The minimum absolute atomic E-state index is 0.00397. The molecular weight excluding hydrogens is 407 g/mol. The second kappa shape index (κ2) is 8.99. The van der Waals surface area contributed by atoms with Gasteiger partial charge in [0.25, 0.3) is 0 Å². The maximum Gasteiger partial charge on any atom is 0.573 e. The second-order valence-corrected chi connectivity index (χ2v) is 8.00. The van der Waals surface area contributed by atoms with Crippen LogP contribution in [0.4, 0.5) is 13.2 Å². The van der Waals surface area contributed by atoms with Gasteiger partial charge in [-0.15, -0.1) is 13.2 Å². The van der Waals surface area contributed by atoms with Crippen molar-refractivity contribution in [3.8, 4) is 5.75 Å². The van der Waals surface area contributed by atoms with Gasteiger partial charge in [0.15, 0.2) is 0 Å². The van der Waals surface area contributed by atoms with E-state index in [1.54, 1.807) is 6.07 Å². The molecule has 4 rings (SSSR count). The molecule has 31 heavy (non-hydrogen) atoms. The van der Waals surface area contributed by atoms with Crippen LogP contribution in [0.5, 0.6) is 5.75 Å². The fourth-order valence-corrected chi connectivity index (χ4v) is 4.21. The van der Waals surface area contributed by atoms with Gasteiger partial charge in [-0.3, -0.25) is 4.79 Å². The lowest BCUT2D eigenvalue weighted by atomic mass is 9.80. The van der Waals surface area contributed by atoms with E-state index in [1.165, 1.54) is 18.2 Å². The van der Waals surface area contributed by atoms with E-state index in [1.807, 2.05) is 24.3 Å². The predicted octanol–water partition coefficient (Wildman–Crippen LogP) is 5.13. The number of H-pyrrole nitrogens is 1. The number of halogens is 3. The number of nitrogens with zero attached hydrogens (tertiary/aromatic N) is 1. The Hall–Kier alpha value is -3.03. The number of aromatic nitrogens is 2. The van der Waals surface area contributed by atoms with Crippen LogP contribution in [0.1, 0.15) is 37.1 Å². The van der Waals surface area contributed by atoms with Crippen molar-refractivity contribution in [2.45, 2.75) is 45.0 Å². The Morgan fingerprint density at radius 1 is 1.06 bits per heavy atom. The number of aromatic amines is 1. The largest absolute Gasteiger partial charge is 0.573 e. The summed E-state index contributed by atoms with van der Waals surface area (Å²) in [6.07, 6.45) is -0.551. The molecule has 1 aliphatic rings. The number of fused-ring (bicyclic) bond motifs is 1. The van der Waals surface area contributed by atoms with E-state index in [0.29, 0.717) is 11.5 Å². The zero-order valence-electron chi connectivity index (χ0n) is 16.9. The van der Waals surface area contributed by atoms with E-state index < -0.39 is 6.36 Å². The summed E-state index contributed by atoms with van der Waals surface area (Å²) in [5.41, 5.74) is 2.28. The lowest BCUT2D eigenvalue weighted by Crippen LogP contribution is -2.33. The normalized spacial score (nSPS) is 19.3. The van der Waals surface area contributed by atoms with Crippen LogP contribution in [0.25, 0.3) is 11.0 Å². The minimum atomic E-state index is -4.77. The van der Waals surface area contributed by atoms with Crippen LogP contribution in [-0.2, 0) is 17.8 Å². The molecule has 1 aromatic heterocycles. The number of hydrogen-bond acceptors (Lipinski definition) is 3. The number of imidazole rings is 1. The standard InChI is InChI=1S/C23H24F3N3O2/c24-23(25,26)31-20-8-4-1-5-17(20)14-27-22(30)16-11-9-15(10-12-16)13-21-28-18-6-2-3-7-19(18)29-21/h1-8,15-16H,9-14H2,(H,27,30)(H,28,29)/t15-,16+. The molecule has 1 fully saturated rings. The van der Waals surface area contributed by atoms with Crippen molar-refractivity contribution in [1.29, 1.82) is 0 Å². The highest BCUT2D eigenvalue weighted by Gasteiger charge is 2.32. The first kappa shape index (κ1) is 21.2. The zero-order valence-corrected chi connectivity index (χ0v) is 16.9. The number of benzene rings is 2. The highest BCUT2D eigenvalue weighted by Crippen LogP contribution is 2.31. The van der Waals surface area contributed by atoms with Gasteiger partial charge in [0.05, 0.1) is 11.0 Å². The number of hydrogen-bond donors (Lipinski definition) is 2. The Balaban J connectivity index is 1.27. The first-order valence-corrected chi connectivity index (χ1v) is 10.4. The second-order valence-electron chi connectivity index (χ2n) is 8.00. The monoisotopic (exact) mass is 431 g/mol. The Morgan fingerprint density at radius 3 is 2.52 bits per heavy atom. The first-order valence-electron chi connectivity index (χ1n) is 10.4. The van der Waals surface area contributed by atoms with Gasteiger partial charge in [-0.05, 0) is 49.8 Å². The summed E-state index contributed by atoms with van der Waals surface area (Å²) in [4.78, 5) is 20.5. The summed E-state index contributed by atoms with van der Waals surface area (Å²) >= 11 is 0. The SMILES string of the molecule is O=C(NCc1ccccc1OC(F)(F)F)[C@H]1CC[C@@H](Cc2nc3ccccc3[nH]2)CC1. The van der Waals surface area contributed by atoms with Gasteiger partial charge in [0.2, 0.25) is 5.91 Å². The third-order valence-corrected chi connectivity index (χ3v) is 5.79. The third-order valence-electron chi connectivity index (χ3n) is 5.79. The Bertz CT molecular complexity index is 1010. The maximum atomic E-state index is 12.6. The molecule has 0 radical (unpaired) electrons. The van der Waals surface area contributed by atoms with Crippen molar-refractivity contribution >= 4 is 16.9 Å². The van der Waals surface area contributed by atoms with Crippen LogP contribution in [0, 0.1) is 11.8 Å².